The molecule has 0 aliphatic heterocycles. The molecule has 0 fully saturated rings. The van der Waals surface area contributed by atoms with Gasteiger partial charge in [0.25, 0.3) is 0 Å². The molecule has 4 heteroatoms. The second-order valence-electron chi connectivity index (χ2n) is 3.53. The predicted molar refractivity (Wildman–Crippen MR) is 67.0 cm³/mol. The van der Waals surface area contributed by atoms with Gasteiger partial charge < -0.3 is 5.73 Å². The molecule has 0 spiro atoms. The molecule has 2 rings (SSSR count). The zero-order chi connectivity index (χ0) is 12.3. The summed E-state index contributed by atoms with van der Waals surface area (Å²) in [5.74, 6) is 6.24. The molecule has 0 amide bonds. The van der Waals surface area contributed by atoms with Crippen LogP contribution in [-0.4, -0.2) is 15.0 Å². The molecular weight excluding hydrogens is 212 g/mol. The SMILES string of the molecule is CC#Cc1nc(N)ccc1-c1cncnc1C. The maximum absolute atomic E-state index is 5.66. The third-order valence-electron chi connectivity index (χ3n) is 2.36. The van der Waals surface area contributed by atoms with Crippen molar-refractivity contribution >= 4 is 5.82 Å². The molecule has 0 radical (unpaired) electrons. The van der Waals surface area contributed by atoms with Crippen LogP contribution >= 0.6 is 0 Å². The van der Waals surface area contributed by atoms with Crippen molar-refractivity contribution in [1.29, 1.82) is 0 Å². The van der Waals surface area contributed by atoms with Gasteiger partial charge in [0.2, 0.25) is 0 Å². The van der Waals surface area contributed by atoms with Crippen LogP contribution in [0.3, 0.4) is 0 Å². The fourth-order valence-corrected chi connectivity index (χ4v) is 1.56. The lowest BCUT2D eigenvalue weighted by Crippen LogP contribution is -1.97. The van der Waals surface area contributed by atoms with Crippen LogP contribution < -0.4 is 5.73 Å². The molecule has 2 aromatic heterocycles. The van der Waals surface area contributed by atoms with Crippen LogP contribution in [0.25, 0.3) is 11.1 Å². The summed E-state index contributed by atoms with van der Waals surface area (Å²) in [5.41, 5.74) is 9.05. The first-order valence-electron chi connectivity index (χ1n) is 5.18. The Morgan fingerprint density at radius 1 is 1.24 bits per heavy atom. The van der Waals surface area contributed by atoms with Crippen LogP contribution in [0.5, 0.6) is 0 Å². The summed E-state index contributed by atoms with van der Waals surface area (Å²) in [4.78, 5) is 12.4. The Balaban J connectivity index is 2.66. The Bertz CT molecular complexity index is 608. The molecule has 0 aromatic carbocycles. The van der Waals surface area contributed by atoms with Crippen molar-refractivity contribution in [3.8, 4) is 23.0 Å². The van der Waals surface area contributed by atoms with E-state index in [0.717, 1.165) is 16.8 Å². The van der Waals surface area contributed by atoms with Gasteiger partial charge in [-0.1, -0.05) is 5.92 Å². The molecular formula is C13H12N4. The zero-order valence-corrected chi connectivity index (χ0v) is 9.73. The van der Waals surface area contributed by atoms with E-state index in [-0.39, 0.29) is 0 Å². The van der Waals surface area contributed by atoms with Crippen molar-refractivity contribution < 1.29 is 0 Å². The van der Waals surface area contributed by atoms with Gasteiger partial charge in [0, 0.05) is 23.0 Å². The minimum atomic E-state index is 0.459. The van der Waals surface area contributed by atoms with E-state index in [1.54, 1.807) is 19.2 Å². The minimum absolute atomic E-state index is 0.459. The molecule has 0 saturated heterocycles. The molecule has 0 atom stereocenters. The Kier molecular flexibility index (Phi) is 3.01. The van der Waals surface area contributed by atoms with Crippen LogP contribution in [0.1, 0.15) is 18.3 Å². The number of nitrogens with two attached hydrogens (primary N) is 1. The number of hydrogen-bond donors (Lipinski definition) is 1. The van der Waals surface area contributed by atoms with Gasteiger partial charge in [-0.2, -0.15) is 0 Å². The van der Waals surface area contributed by atoms with E-state index in [1.165, 1.54) is 6.33 Å². The van der Waals surface area contributed by atoms with Gasteiger partial charge in [0.15, 0.2) is 0 Å². The van der Waals surface area contributed by atoms with E-state index in [4.69, 9.17) is 5.73 Å². The molecule has 0 aliphatic rings. The lowest BCUT2D eigenvalue weighted by atomic mass is 10.0. The molecule has 0 aliphatic carbocycles. The summed E-state index contributed by atoms with van der Waals surface area (Å²) in [6.45, 7) is 3.69. The number of pyridine rings is 1. The molecule has 0 saturated carbocycles. The van der Waals surface area contributed by atoms with E-state index in [0.29, 0.717) is 11.5 Å². The summed E-state index contributed by atoms with van der Waals surface area (Å²) in [6.07, 6.45) is 3.28. The van der Waals surface area contributed by atoms with Crippen molar-refractivity contribution in [2.24, 2.45) is 0 Å². The van der Waals surface area contributed by atoms with Gasteiger partial charge >= 0.3 is 0 Å². The molecule has 84 valence electrons. The second kappa shape index (κ2) is 4.62. The van der Waals surface area contributed by atoms with Crippen LogP contribution in [0.15, 0.2) is 24.7 Å². The number of aryl methyl sites for hydroxylation is 1. The van der Waals surface area contributed by atoms with E-state index in [2.05, 4.69) is 26.8 Å². The Morgan fingerprint density at radius 3 is 2.76 bits per heavy atom. The third-order valence-corrected chi connectivity index (χ3v) is 2.36. The summed E-state index contributed by atoms with van der Waals surface area (Å²) < 4.78 is 0. The Hall–Kier alpha value is -2.41. The first-order valence-corrected chi connectivity index (χ1v) is 5.18. The molecule has 17 heavy (non-hydrogen) atoms. The monoisotopic (exact) mass is 224 g/mol. The number of anilines is 1. The van der Waals surface area contributed by atoms with E-state index < -0.39 is 0 Å². The Labute approximate surface area is 99.9 Å². The fraction of sp³-hybridized carbons (Fsp3) is 0.154. The molecule has 0 bridgehead atoms. The van der Waals surface area contributed by atoms with Crippen LogP contribution in [0.4, 0.5) is 5.82 Å². The number of hydrogen-bond acceptors (Lipinski definition) is 4. The second-order valence-corrected chi connectivity index (χ2v) is 3.53. The first-order chi connectivity index (χ1) is 8.22. The standard InChI is InChI=1S/C13H12N4/c1-3-4-12-10(5-6-13(14)17-12)11-7-15-8-16-9(11)2/h5-8H,1-2H3,(H2,14,17). The van der Waals surface area contributed by atoms with Crippen LogP contribution in [-0.2, 0) is 0 Å². The largest absolute Gasteiger partial charge is 0.384 e. The van der Waals surface area contributed by atoms with Crippen molar-refractivity contribution in [3.05, 3.63) is 36.0 Å². The zero-order valence-electron chi connectivity index (χ0n) is 9.73. The van der Waals surface area contributed by atoms with E-state index >= 15 is 0 Å². The van der Waals surface area contributed by atoms with Gasteiger partial charge in [-0.3, -0.25) is 0 Å². The van der Waals surface area contributed by atoms with Crippen LogP contribution in [0, 0.1) is 18.8 Å². The van der Waals surface area contributed by atoms with Crippen molar-refractivity contribution in [3.63, 3.8) is 0 Å². The highest BCUT2D eigenvalue weighted by molar-refractivity contribution is 5.71. The van der Waals surface area contributed by atoms with Gasteiger partial charge in [-0.15, -0.1) is 0 Å². The highest BCUT2D eigenvalue weighted by Gasteiger charge is 2.08. The third kappa shape index (κ3) is 2.23. The highest BCUT2D eigenvalue weighted by Crippen LogP contribution is 2.24. The molecule has 4 nitrogen and oxygen atoms in total. The van der Waals surface area contributed by atoms with Crippen molar-refractivity contribution in [1.82, 2.24) is 15.0 Å². The van der Waals surface area contributed by atoms with Gasteiger partial charge in [0.1, 0.15) is 17.8 Å². The van der Waals surface area contributed by atoms with E-state index in [1.807, 2.05) is 13.0 Å². The molecule has 0 unspecified atom stereocenters. The maximum atomic E-state index is 5.66. The topological polar surface area (TPSA) is 64.7 Å². The average Bonchev–Trinajstić information content (AvgIpc) is 2.31. The lowest BCUT2D eigenvalue weighted by molar-refractivity contribution is 1.10. The van der Waals surface area contributed by atoms with Crippen LogP contribution in [0.2, 0.25) is 0 Å². The minimum Gasteiger partial charge on any atom is -0.384 e. The smallest absolute Gasteiger partial charge is 0.124 e. The fourth-order valence-electron chi connectivity index (χ4n) is 1.56. The molecule has 2 aromatic rings. The highest BCUT2D eigenvalue weighted by atomic mass is 14.8. The summed E-state index contributed by atoms with van der Waals surface area (Å²) in [6, 6.07) is 3.65. The lowest BCUT2D eigenvalue weighted by Gasteiger charge is -2.06. The number of nitrogens with zero attached hydrogens (tertiary/aromatic N) is 3. The number of nitrogen functional groups attached to an aromatic ring is 1. The molecule has 2 heterocycles. The van der Waals surface area contributed by atoms with Gasteiger partial charge in [-0.25, -0.2) is 15.0 Å². The first kappa shape index (κ1) is 11.1. The average molecular weight is 224 g/mol. The maximum Gasteiger partial charge on any atom is 0.124 e. The van der Waals surface area contributed by atoms with Gasteiger partial charge in [0.05, 0.1) is 0 Å². The number of aromatic nitrogens is 3. The summed E-state index contributed by atoms with van der Waals surface area (Å²) in [5, 5.41) is 0. The van der Waals surface area contributed by atoms with Gasteiger partial charge in [-0.05, 0) is 31.9 Å². The quantitative estimate of drug-likeness (QED) is 0.750. The molecule has 2 N–H and O–H groups in total. The summed E-state index contributed by atoms with van der Waals surface area (Å²) >= 11 is 0. The predicted octanol–water partition coefficient (Wildman–Crippen LogP) is 1.80. The Morgan fingerprint density at radius 2 is 2.06 bits per heavy atom. The normalized spacial score (nSPS) is 9.53. The van der Waals surface area contributed by atoms with Crippen molar-refractivity contribution in [2.75, 3.05) is 5.73 Å². The van der Waals surface area contributed by atoms with Crippen molar-refractivity contribution in [2.45, 2.75) is 13.8 Å². The number of rotatable bonds is 1. The van der Waals surface area contributed by atoms with E-state index in [9.17, 15) is 0 Å². The summed E-state index contributed by atoms with van der Waals surface area (Å²) in [7, 11) is 0.